The largest absolute Gasteiger partial charge is 0.481 e. The minimum Gasteiger partial charge on any atom is -0.481 e. The van der Waals surface area contributed by atoms with Crippen LogP contribution in [-0.4, -0.2) is 84.7 Å². The summed E-state index contributed by atoms with van der Waals surface area (Å²) in [6.07, 6.45) is 1.66. The topological polar surface area (TPSA) is 123 Å². The first-order chi connectivity index (χ1) is 13.7. The van der Waals surface area contributed by atoms with Crippen molar-refractivity contribution in [2.45, 2.75) is 77.5 Å². The van der Waals surface area contributed by atoms with Crippen LogP contribution in [0.5, 0.6) is 0 Å². The number of carboxylic acid groups (broad SMARTS) is 1. The summed E-state index contributed by atoms with van der Waals surface area (Å²) in [5, 5.41) is 21.1. The predicted molar refractivity (Wildman–Crippen MR) is 113 cm³/mol. The lowest BCUT2D eigenvalue weighted by molar-refractivity contribution is -0.137. The molecule has 9 nitrogen and oxygen atoms in total. The third kappa shape index (κ3) is 11.8. The van der Waals surface area contributed by atoms with Crippen molar-refractivity contribution in [1.29, 1.82) is 0 Å². The molecule has 1 rings (SSSR count). The van der Waals surface area contributed by atoms with Crippen LogP contribution in [0.25, 0.3) is 0 Å². The molecule has 1 aliphatic heterocycles. The number of carbonyl (C=O) groups is 3. The summed E-state index contributed by atoms with van der Waals surface area (Å²) in [7, 11) is 0. The Balaban J connectivity index is 2.32. The van der Waals surface area contributed by atoms with Crippen molar-refractivity contribution in [1.82, 2.24) is 26.2 Å². The summed E-state index contributed by atoms with van der Waals surface area (Å²) >= 11 is 0. The molecule has 1 fully saturated rings. The molecule has 0 aliphatic carbocycles. The van der Waals surface area contributed by atoms with Crippen LogP contribution in [0.4, 0.5) is 0 Å². The first-order valence-corrected chi connectivity index (χ1v) is 10.7. The van der Waals surface area contributed by atoms with Crippen LogP contribution in [0.1, 0.15) is 53.4 Å². The first kappa shape index (κ1) is 25.3. The molecule has 9 heteroatoms. The van der Waals surface area contributed by atoms with Crippen LogP contribution in [0.2, 0.25) is 0 Å². The van der Waals surface area contributed by atoms with Gasteiger partial charge in [0.1, 0.15) is 0 Å². The van der Waals surface area contributed by atoms with E-state index >= 15 is 0 Å². The second-order valence-corrected chi connectivity index (χ2v) is 8.07. The normalized spacial score (nSPS) is 16.9. The molecule has 1 saturated heterocycles. The standard InChI is InChI=1S/C20H39N5O4/c1-5-15(4)24-16(7-8-18(26)27)19(28)21-9-6-10-22-20(29)17(23-14(2)3)13-25-11-12-25/h14-17,23-24H,5-13H2,1-4H3,(H,21,28)(H,22,29)(H,26,27)/t15?,16-,17-/m0/s1. The Morgan fingerprint density at radius 1 is 0.966 bits per heavy atom. The van der Waals surface area contributed by atoms with Gasteiger partial charge in [0.2, 0.25) is 11.8 Å². The molecular weight excluding hydrogens is 374 g/mol. The highest BCUT2D eigenvalue weighted by atomic mass is 16.4. The molecular formula is C20H39N5O4. The molecule has 0 aromatic heterocycles. The molecule has 1 heterocycles. The maximum Gasteiger partial charge on any atom is 0.303 e. The van der Waals surface area contributed by atoms with Gasteiger partial charge in [-0.3, -0.25) is 19.3 Å². The molecule has 0 saturated carbocycles. The van der Waals surface area contributed by atoms with Crippen LogP contribution < -0.4 is 21.3 Å². The molecule has 5 N–H and O–H groups in total. The predicted octanol–water partition coefficient (Wildman–Crippen LogP) is -0.0874. The van der Waals surface area contributed by atoms with Crippen molar-refractivity contribution in [3.63, 3.8) is 0 Å². The molecule has 0 aromatic carbocycles. The van der Waals surface area contributed by atoms with E-state index in [1.807, 2.05) is 27.7 Å². The second-order valence-electron chi connectivity index (χ2n) is 8.07. The van der Waals surface area contributed by atoms with Crippen LogP contribution in [0.15, 0.2) is 0 Å². The van der Waals surface area contributed by atoms with Gasteiger partial charge < -0.3 is 26.4 Å². The van der Waals surface area contributed by atoms with Crippen molar-refractivity contribution in [3.8, 4) is 0 Å². The van der Waals surface area contributed by atoms with E-state index in [1.54, 1.807) is 0 Å². The van der Waals surface area contributed by atoms with Gasteiger partial charge in [-0.1, -0.05) is 20.8 Å². The molecule has 1 unspecified atom stereocenters. The molecule has 0 aromatic rings. The highest BCUT2D eigenvalue weighted by Gasteiger charge is 2.27. The summed E-state index contributed by atoms with van der Waals surface area (Å²) in [4.78, 5) is 37.8. The number of rotatable bonds is 16. The number of nitrogens with one attached hydrogen (secondary N) is 4. The Morgan fingerprint density at radius 3 is 2.03 bits per heavy atom. The van der Waals surface area contributed by atoms with Gasteiger partial charge in [0.05, 0.1) is 12.1 Å². The summed E-state index contributed by atoms with van der Waals surface area (Å²) < 4.78 is 0. The molecule has 3 atom stereocenters. The third-order valence-corrected chi connectivity index (χ3v) is 4.85. The average Bonchev–Trinajstić information content (AvgIpc) is 3.47. The highest BCUT2D eigenvalue weighted by molar-refractivity contribution is 5.83. The number of carbonyl (C=O) groups excluding carboxylic acids is 2. The molecule has 0 radical (unpaired) electrons. The fourth-order valence-corrected chi connectivity index (χ4v) is 2.90. The van der Waals surface area contributed by atoms with E-state index in [9.17, 15) is 14.4 Å². The van der Waals surface area contributed by atoms with Crippen molar-refractivity contribution in [2.75, 3.05) is 32.7 Å². The zero-order valence-electron chi connectivity index (χ0n) is 18.3. The van der Waals surface area contributed by atoms with Crippen molar-refractivity contribution in [2.24, 2.45) is 0 Å². The number of amides is 2. The number of carboxylic acids is 1. The van der Waals surface area contributed by atoms with Gasteiger partial charge in [-0.2, -0.15) is 0 Å². The van der Waals surface area contributed by atoms with Crippen molar-refractivity contribution >= 4 is 17.8 Å². The maximum atomic E-state index is 12.4. The lowest BCUT2D eigenvalue weighted by Crippen LogP contribution is -2.51. The van der Waals surface area contributed by atoms with E-state index in [2.05, 4.69) is 26.2 Å². The quantitative estimate of drug-likeness (QED) is 0.177. The van der Waals surface area contributed by atoms with Gasteiger partial charge in [-0.15, -0.1) is 0 Å². The van der Waals surface area contributed by atoms with Gasteiger partial charge in [0, 0.05) is 51.2 Å². The smallest absolute Gasteiger partial charge is 0.303 e. The first-order valence-electron chi connectivity index (χ1n) is 10.7. The van der Waals surface area contributed by atoms with Crippen LogP contribution in [-0.2, 0) is 14.4 Å². The summed E-state index contributed by atoms with van der Waals surface area (Å²) in [5.41, 5.74) is 0. The molecule has 2 amide bonds. The summed E-state index contributed by atoms with van der Waals surface area (Å²) in [6, 6.07) is -0.396. The van der Waals surface area contributed by atoms with Gasteiger partial charge in [0.15, 0.2) is 0 Å². The summed E-state index contributed by atoms with van der Waals surface area (Å²) in [6.45, 7) is 11.7. The Morgan fingerprint density at radius 2 is 1.55 bits per heavy atom. The van der Waals surface area contributed by atoms with Gasteiger partial charge in [0.25, 0.3) is 0 Å². The Hall–Kier alpha value is -1.71. The van der Waals surface area contributed by atoms with E-state index in [1.165, 1.54) is 0 Å². The molecule has 29 heavy (non-hydrogen) atoms. The van der Waals surface area contributed by atoms with Crippen LogP contribution >= 0.6 is 0 Å². The Bertz CT molecular complexity index is 521. The Kier molecular flexibility index (Phi) is 11.8. The monoisotopic (exact) mass is 413 g/mol. The maximum absolute atomic E-state index is 12.4. The van der Waals surface area contributed by atoms with Crippen molar-refractivity contribution in [3.05, 3.63) is 0 Å². The third-order valence-electron chi connectivity index (χ3n) is 4.85. The van der Waals surface area contributed by atoms with Gasteiger partial charge >= 0.3 is 5.97 Å². The lowest BCUT2D eigenvalue weighted by atomic mass is 10.1. The number of hydrogen-bond acceptors (Lipinski definition) is 6. The van der Waals surface area contributed by atoms with E-state index < -0.39 is 12.0 Å². The van der Waals surface area contributed by atoms with E-state index in [0.717, 1.165) is 19.5 Å². The van der Waals surface area contributed by atoms with E-state index in [-0.39, 0.29) is 42.8 Å². The fourth-order valence-electron chi connectivity index (χ4n) is 2.90. The van der Waals surface area contributed by atoms with Crippen LogP contribution in [0.3, 0.4) is 0 Å². The number of nitrogens with zero attached hydrogens (tertiary/aromatic N) is 1. The minimum absolute atomic E-state index is 0.0188. The number of aliphatic carboxylic acids is 1. The zero-order chi connectivity index (χ0) is 21.8. The highest BCUT2D eigenvalue weighted by Crippen LogP contribution is 2.05. The lowest BCUT2D eigenvalue weighted by Gasteiger charge is -2.22. The van der Waals surface area contributed by atoms with E-state index in [0.29, 0.717) is 26.1 Å². The molecule has 0 spiro atoms. The van der Waals surface area contributed by atoms with Gasteiger partial charge in [-0.25, -0.2) is 0 Å². The summed E-state index contributed by atoms with van der Waals surface area (Å²) in [5.74, 6) is -1.13. The SMILES string of the molecule is CCC(C)N[C@@H](CCC(=O)O)C(=O)NCCCNC(=O)[C@H](CN1CC1)NC(C)C. The van der Waals surface area contributed by atoms with E-state index in [4.69, 9.17) is 5.11 Å². The fraction of sp³-hybridized carbons (Fsp3) is 0.850. The molecule has 1 aliphatic rings. The Labute approximate surface area is 174 Å². The van der Waals surface area contributed by atoms with Crippen molar-refractivity contribution < 1.29 is 19.5 Å². The molecule has 0 bridgehead atoms. The van der Waals surface area contributed by atoms with Gasteiger partial charge in [-0.05, 0) is 26.2 Å². The van der Waals surface area contributed by atoms with Crippen LogP contribution in [0, 0.1) is 0 Å². The average molecular weight is 414 g/mol. The number of hydrogen-bond donors (Lipinski definition) is 5. The minimum atomic E-state index is -0.913. The second kappa shape index (κ2) is 13.5. The molecule has 168 valence electrons. The zero-order valence-corrected chi connectivity index (χ0v) is 18.3.